The zero-order valence-electron chi connectivity index (χ0n) is 13.5. The van der Waals surface area contributed by atoms with Crippen LogP contribution in [-0.4, -0.2) is 29.8 Å². The Hall–Kier alpha value is -2.86. The van der Waals surface area contributed by atoms with Crippen LogP contribution in [0.3, 0.4) is 0 Å². The smallest absolute Gasteiger partial charge is 0.232 e. The van der Waals surface area contributed by atoms with E-state index in [0.29, 0.717) is 18.7 Å². The number of anilines is 1. The number of hydrogen-bond acceptors (Lipinski definition) is 4. The van der Waals surface area contributed by atoms with E-state index in [-0.39, 0.29) is 11.8 Å². The summed E-state index contributed by atoms with van der Waals surface area (Å²) >= 11 is 0. The predicted molar refractivity (Wildman–Crippen MR) is 94.1 cm³/mol. The molecule has 1 unspecified atom stereocenters. The van der Waals surface area contributed by atoms with Crippen molar-refractivity contribution in [2.45, 2.75) is 12.3 Å². The van der Waals surface area contributed by atoms with Crippen LogP contribution in [0.5, 0.6) is 5.75 Å². The van der Waals surface area contributed by atoms with Gasteiger partial charge in [0.1, 0.15) is 5.75 Å². The van der Waals surface area contributed by atoms with Crippen LogP contribution in [0.2, 0.25) is 0 Å². The fourth-order valence-corrected chi connectivity index (χ4v) is 2.80. The first-order valence-corrected chi connectivity index (χ1v) is 7.80. The summed E-state index contributed by atoms with van der Waals surface area (Å²) in [6.07, 6.45) is 2.27. The highest BCUT2D eigenvalue weighted by molar-refractivity contribution is 5.98. The lowest BCUT2D eigenvalue weighted by molar-refractivity contribution is -0.117. The van der Waals surface area contributed by atoms with Crippen molar-refractivity contribution in [2.75, 3.05) is 19.0 Å². The second-order valence-electron chi connectivity index (χ2n) is 5.53. The Kier molecular flexibility index (Phi) is 4.77. The van der Waals surface area contributed by atoms with Gasteiger partial charge in [0.25, 0.3) is 0 Å². The summed E-state index contributed by atoms with van der Waals surface area (Å²) < 4.78 is 5.39. The molecular formula is C18H20N4O2. The van der Waals surface area contributed by atoms with Gasteiger partial charge in [-0.1, -0.05) is 18.2 Å². The fourth-order valence-electron chi connectivity index (χ4n) is 2.80. The van der Waals surface area contributed by atoms with Gasteiger partial charge in [0.05, 0.1) is 24.7 Å². The van der Waals surface area contributed by atoms with Gasteiger partial charge < -0.3 is 15.8 Å². The van der Waals surface area contributed by atoms with Gasteiger partial charge in [-0.05, 0) is 37.2 Å². The van der Waals surface area contributed by atoms with Gasteiger partial charge in [-0.3, -0.25) is 9.89 Å². The zero-order valence-corrected chi connectivity index (χ0v) is 13.5. The third kappa shape index (κ3) is 3.23. The number of aromatic nitrogens is 2. The van der Waals surface area contributed by atoms with E-state index in [0.717, 1.165) is 22.2 Å². The van der Waals surface area contributed by atoms with E-state index in [1.54, 1.807) is 13.3 Å². The van der Waals surface area contributed by atoms with Gasteiger partial charge in [0, 0.05) is 16.6 Å². The van der Waals surface area contributed by atoms with Crippen LogP contribution in [0.25, 0.3) is 10.9 Å². The first-order valence-electron chi connectivity index (χ1n) is 7.80. The van der Waals surface area contributed by atoms with Crippen molar-refractivity contribution in [3.05, 3.63) is 54.2 Å². The molecule has 0 aliphatic carbocycles. The molecule has 0 bridgehead atoms. The number of benzene rings is 2. The van der Waals surface area contributed by atoms with Gasteiger partial charge in [0.15, 0.2) is 0 Å². The van der Waals surface area contributed by atoms with Gasteiger partial charge in [0.2, 0.25) is 5.91 Å². The molecule has 0 radical (unpaired) electrons. The number of aromatic amines is 1. The van der Waals surface area contributed by atoms with Crippen LogP contribution in [0.1, 0.15) is 17.9 Å². The average Bonchev–Trinajstić information content (AvgIpc) is 3.07. The second-order valence-corrected chi connectivity index (χ2v) is 5.53. The monoisotopic (exact) mass is 324 g/mol. The van der Waals surface area contributed by atoms with Crippen molar-refractivity contribution in [1.29, 1.82) is 0 Å². The number of methoxy groups -OCH3 is 1. The predicted octanol–water partition coefficient (Wildman–Crippen LogP) is 2.64. The molecular weight excluding hydrogens is 304 g/mol. The lowest BCUT2D eigenvalue weighted by Crippen LogP contribution is -2.24. The molecule has 124 valence electrons. The molecule has 4 N–H and O–H groups in total. The maximum Gasteiger partial charge on any atom is 0.232 e. The third-order valence-electron chi connectivity index (χ3n) is 3.99. The lowest BCUT2D eigenvalue weighted by Gasteiger charge is -2.19. The first kappa shape index (κ1) is 16.0. The van der Waals surface area contributed by atoms with Gasteiger partial charge in [-0.2, -0.15) is 5.10 Å². The molecule has 2 aromatic carbocycles. The van der Waals surface area contributed by atoms with E-state index in [4.69, 9.17) is 10.5 Å². The van der Waals surface area contributed by atoms with Gasteiger partial charge in [-0.15, -0.1) is 0 Å². The molecule has 0 fully saturated rings. The summed E-state index contributed by atoms with van der Waals surface area (Å²) in [6, 6.07) is 13.2. The number of para-hydroxylation sites is 1. The summed E-state index contributed by atoms with van der Waals surface area (Å²) in [6.45, 7) is 0.414. The molecule has 0 spiro atoms. The number of nitrogens with zero attached hydrogens (tertiary/aromatic N) is 1. The van der Waals surface area contributed by atoms with Crippen LogP contribution in [0.4, 0.5) is 5.69 Å². The SMILES string of the molecule is COc1ccccc1C(CCN)C(=O)Nc1ccc2[nH]ncc2c1. The maximum atomic E-state index is 12.8. The van der Waals surface area contributed by atoms with Crippen LogP contribution in [-0.2, 0) is 4.79 Å². The Morgan fingerprint density at radius 3 is 2.96 bits per heavy atom. The number of carbonyl (C=O) groups excluding carboxylic acids is 1. The minimum absolute atomic E-state index is 0.104. The summed E-state index contributed by atoms with van der Waals surface area (Å²) in [4.78, 5) is 12.8. The van der Waals surface area contributed by atoms with E-state index >= 15 is 0 Å². The molecule has 0 saturated heterocycles. The molecule has 0 aliphatic rings. The summed E-state index contributed by atoms with van der Waals surface area (Å²) in [5, 5.41) is 10.8. The van der Waals surface area contributed by atoms with Crippen molar-refractivity contribution in [1.82, 2.24) is 10.2 Å². The molecule has 3 rings (SSSR count). The van der Waals surface area contributed by atoms with Gasteiger partial charge in [-0.25, -0.2) is 0 Å². The minimum atomic E-state index is -0.369. The second kappa shape index (κ2) is 7.14. The van der Waals surface area contributed by atoms with E-state index < -0.39 is 0 Å². The summed E-state index contributed by atoms with van der Waals surface area (Å²) in [5.41, 5.74) is 8.21. The highest BCUT2D eigenvalue weighted by Crippen LogP contribution is 2.30. The molecule has 1 atom stereocenters. The number of nitrogens with two attached hydrogens (primary N) is 1. The fraction of sp³-hybridized carbons (Fsp3) is 0.222. The van der Waals surface area contributed by atoms with Crippen LogP contribution in [0.15, 0.2) is 48.7 Å². The highest BCUT2D eigenvalue weighted by Gasteiger charge is 2.23. The number of nitrogens with one attached hydrogen (secondary N) is 2. The topological polar surface area (TPSA) is 93.0 Å². The Morgan fingerprint density at radius 2 is 2.17 bits per heavy atom. The molecule has 1 aromatic heterocycles. The number of hydrogen-bond donors (Lipinski definition) is 3. The van der Waals surface area contributed by atoms with Crippen molar-refractivity contribution < 1.29 is 9.53 Å². The lowest BCUT2D eigenvalue weighted by atomic mass is 9.93. The molecule has 6 heteroatoms. The van der Waals surface area contributed by atoms with Crippen molar-refractivity contribution in [2.24, 2.45) is 5.73 Å². The molecule has 1 amide bonds. The van der Waals surface area contributed by atoms with E-state index in [1.165, 1.54) is 0 Å². The highest BCUT2D eigenvalue weighted by atomic mass is 16.5. The number of carbonyl (C=O) groups is 1. The Balaban J connectivity index is 1.86. The Labute approximate surface area is 140 Å². The van der Waals surface area contributed by atoms with Crippen molar-refractivity contribution >= 4 is 22.5 Å². The standard InChI is InChI=1S/C18H20N4O2/c1-24-17-5-3-2-4-14(17)15(8-9-19)18(23)21-13-6-7-16-12(10-13)11-20-22-16/h2-7,10-11,15H,8-9,19H2,1H3,(H,20,22)(H,21,23). The summed E-state index contributed by atoms with van der Waals surface area (Å²) in [7, 11) is 1.60. The van der Waals surface area contributed by atoms with E-state index in [2.05, 4.69) is 15.5 Å². The van der Waals surface area contributed by atoms with Crippen LogP contribution in [0, 0.1) is 0 Å². The largest absolute Gasteiger partial charge is 0.496 e. The van der Waals surface area contributed by atoms with Crippen LogP contribution < -0.4 is 15.8 Å². The van der Waals surface area contributed by atoms with E-state index in [9.17, 15) is 4.79 Å². The third-order valence-corrected chi connectivity index (χ3v) is 3.99. The van der Waals surface area contributed by atoms with Crippen molar-refractivity contribution in [3.8, 4) is 5.75 Å². The Morgan fingerprint density at radius 1 is 1.33 bits per heavy atom. The number of fused-ring (bicyclic) bond motifs is 1. The van der Waals surface area contributed by atoms with Crippen molar-refractivity contribution in [3.63, 3.8) is 0 Å². The maximum absolute atomic E-state index is 12.8. The molecule has 6 nitrogen and oxygen atoms in total. The Bertz CT molecular complexity index is 844. The zero-order chi connectivity index (χ0) is 16.9. The number of ether oxygens (including phenoxy) is 1. The van der Waals surface area contributed by atoms with E-state index in [1.807, 2.05) is 42.5 Å². The van der Waals surface area contributed by atoms with Crippen LogP contribution >= 0.6 is 0 Å². The normalized spacial score (nSPS) is 12.1. The molecule has 0 aliphatic heterocycles. The van der Waals surface area contributed by atoms with Gasteiger partial charge >= 0.3 is 0 Å². The summed E-state index contributed by atoms with van der Waals surface area (Å²) in [5.74, 6) is 0.218. The number of rotatable bonds is 6. The molecule has 24 heavy (non-hydrogen) atoms. The minimum Gasteiger partial charge on any atom is -0.496 e. The number of H-pyrrole nitrogens is 1. The molecule has 3 aromatic rings. The quantitative estimate of drug-likeness (QED) is 0.650. The molecule has 1 heterocycles. The number of amides is 1. The molecule has 0 saturated carbocycles. The first-order chi connectivity index (χ1) is 11.7. The average molecular weight is 324 g/mol.